The summed E-state index contributed by atoms with van der Waals surface area (Å²) >= 11 is 6.27. The molecule has 3 aromatic rings. The molecule has 128 valence electrons. The van der Waals surface area contributed by atoms with E-state index in [9.17, 15) is 5.11 Å². The van der Waals surface area contributed by atoms with Gasteiger partial charge in [-0.2, -0.15) is 0 Å². The number of likely N-dealkylation sites (N-methyl/N-ethyl adjacent to an activating group) is 1. The van der Waals surface area contributed by atoms with E-state index in [1.807, 2.05) is 18.3 Å². The lowest BCUT2D eigenvalue weighted by Crippen LogP contribution is -2.43. The van der Waals surface area contributed by atoms with Crippen LogP contribution in [0.15, 0.2) is 36.7 Å². The summed E-state index contributed by atoms with van der Waals surface area (Å²) in [5.74, 6) is 0. The average molecular weight is 354 g/mol. The molecule has 0 amide bonds. The van der Waals surface area contributed by atoms with Gasteiger partial charge >= 0.3 is 0 Å². The Morgan fingerprint density at radius 3 is 3.04 bits per heavy atom. The first-order chi connectivity index (χ1) is 12.0. The molecule has 1 unspecified atom stereocenters. The van der Waals surface area contributed by atoms with Gasteiger partial charge in [0.05, 0.1) is 6.54 Å². The van der Waals surface area contributed by atoms with E-state index in [0.717, 1.165) is 35.7 Å². The number of halogens is 1. The summed E-state index contributed by atoms with van der Waals surface area (Å²) in [5.41, 5.74) is 5.22. The van der Waals surface area contributed by atoms with Gasteiger partial charge in [-0.1, -0.05) is 11.6 Å². The predicted molar refractivity (Wildman–Crippen MR) is 98.8 cm³/mol. The maximum atomic E-state index is 11.2. The highest BCUT2D eigenvalue weighted by atomic mass is 35.5. The van der Waals surface area contributed by atoms with E-state index in [1.165, 1.54) is 22.2 Å². The van der Waals surface area contributed by atoms with Crippen molar-refractivity contribution in [1.82, 2.24) is 14.5 Å². The van der Waals surface area contributed by atoms with Crippen LogP contribution in [0.2, 0.25) is 5.02 Å². The number of aliphatic hydroxyl groups is 1. The van der Waals surface area contributed by atoms with Crippen molar-refractivity contribution < 1.29 is 5.11 Å². The number of rotatable bonds is 2. The van der Waals surface area contributed by atoms with E-state index in [4.69, 9.17) is 11.6 Å². The fraction of sp³-hybridized carbons (Fsp3) is 0.350. The average Bonchev–Trinajstić information content (AvgIpc) is 2.87. The molecule has 5 heteroatoms. The molecule has 1 aromatic carbocycles. The SMILES string of the molecule is CN1CCc2c(c3cc(Cl)ccc3n2CC2(O)Cc3cnccc32)C1. The van der Waals surface area contributed by atoms with Crippen LogP contribution in [0, 0.1) is 0 Å². The number of nitrogens with zero attached hydrogens (tertiary/aromatic N) is 3. The molecule has 1 N–H and O–H groups in total. The van der Waals surface area contributed by atoms with Crippen molar-refractivity contribution in [2.24, 2.45) is 0 Å². The van der Waals surface area contributed by atoms with Gasteiger partial charge in [0, 0.05) is 59.9 Å². The van der Waals surface area contributed by atoms with E-state index in [-0.39, 0.29) is 0 Å². The standard InChI is InChI=1S/C20H20ClN3O/c1-23-7-5-19-16(11-23)15-8-14(21)2-3-18(15)24(19)12-20(25)9-13-10-22-6-4-17(13)20/h2-4,6,8,10,25H,5,7,9,11-12H2,1H3. The fourth-order valence-corrected chi connectivity index (χ4v) is 4.64. The molecule has 25 heavy (non-hydrogen) atoms. The third-order valence-electron chi connectivity index (χ3n) is 5.71. The molecule has 2 aliphatic rings. The molecule has 0 saturated carbocycles. The monoisotopic (exact) mass is 353 g/mol. The second-order valence-electron chi connectivity index (χ2n) is 7.40. The molecule has 4 nitrogen and oxygen atoms in total. The zero-order valence-corrected chi connectivity index (χ0v) is 14.9. The summed E-state index contributed by atoms with van der Waals surface area (Å²) in [5, 5.41) is 13.2. The zero-order chi connectivity index (χ0) is 17.2. The van der Waals surface area contributed by atoms with Crippen LogP contribution in [0.25, 0.3) is 10.9 Å². The Labute approximate surface area is 151 Å². The number of hydrogen-bond acceptors (Lipinski definition) is 3. The van der Waals surface area contributed by atoms with Crippen molar-refractivity contribution in [1.29, 1.82) is 0 Å². The highest BCUT2D eigenvalue weighted by Crippen LogP contribution is 2.42. The van der Waals surface area contributed by atoms with Crippen LogP contribution >= 0.6 is 11.6 Å². The summed E-state index contributed by atoms with van der Waals surface area (Å²) in [6.07, 6.45) is 5.29. The van der Waals surface area contributed by atoms with E-state index in [2.05, 4.69) is 33.6 Å². The number of fused-ring (bicyclic) bond motifs is 4. The van der Waals surface area contributed by atoms with Crippen molar-refractivity contribution in [3.63, 3.8) is 0 Å². The van der Waals surface area contributed by atoms with Crippen LogP contribution in [-0.2, 0) is 31.5 Å². The van der Waals surface area contributed by atoms with Gasteiger partial charge in [-0.15, -0.1) is 0 Å². The molecule has 0 spiro atoms. The fourth-order valence-electron chi connectivity index (χ4n) is 4.47. The van der Waals surface area contributed by atoms with Crippen LogP contribution in [0.5, 0.6) is 0 Å². The van der Waals surface area contributed by atoms with E-state index in [1.54, 1.807) is 6.20 Å². The molecule has 0 radical (unpaired) electrons. The molecular weight excluding hydrogens is 334 g/mol. The highest BCUT2D eigenvalue weighted by Gasteiger charge is 2.42. The van der Waals surface area contributed by atoms with Crippen molar-refractivity contribution in [2.75, 3.05) is 13.6 Å². The van der Waals surface area contributed by atoms with Gasteiger partial charge in [0.15, 0.2) is 0 Å². The number of hydrogen-bond donors (Lipinski definition) is 1. The third-order valence-corrected chi connectivity index (χ3v) is 5.95. The van der Waals surface area contributed by atoms with Crippen molar-refractivity contribution in [2.45, 2.75) is 31.5 Å². The number of benzene rings is 1. The molecule has 1 aliphatic heterocycles. The van der Waals surface area contributed by atoms with E-state index < -0.39 is 5.60 Å². The first-order valence-electron chi connectivity index (χ1n) is 8.69. The van der Waals surface area contributed by atoms with Gasteiger partial charge < -0.3 is 14.6 Å². The topological polar surface area (TPSA) is 41.3 Å². The van der Waals surface area contributed by atoms with Crippen molar-refractivity contribution in [3.8, 4) is 0 Å². The Balaban J connectivity index is 1.65. The summed E-state index contributed by atoms with van der Waals surface area (Å²) in [6, 6.07) is 8.04. The normalized spacial score (nSPS) is 22.5. The van der Waals surface area contributed by atoms with Gasteiger partial charge in [-0.25, -0.2) is 0 Å². The minimum Gasteiger partial charge on any atom is -0.383 e. The highest BCUT2D eigenvalue weighted by molar-refractivity contribution is 6.31. The van der Waals surface area contributed by atoms with Crippen LogP contribution in [0.3, 0.4) is 0 Å². The molecule has 1 aliphatic carbocycles. The van der Waals surface area contributed by atoms with Crippen molar-refractivity contribution in [3.05, 3.63) is 64.1 Å². The third kappa shape index (κ3) is 2.25. The first kappa shape index (κ1) is 15.4. The van der Waals surface area contributed by atoms with Crippen LogP contribution in [0.4, 0.5) is 0 Å². The summed E-state index contributed by atoms with van der Waals surface area (Å²) in [6.45, 7) is 2.55. The van der Waals surface area contributed by atoms with Crippen molar-refractivity contribution >= 4 is 22.5 Å². The second-order valence-corrected chi connectivity index (χ2v) is 7.84. The lowest BCUT2D eigenvalue weighted by molar-refractivity contribution is -0.00475. The first-order valence-corrected chi connectivity index (χ1v) is 9.07. The maximum Gasteiger partial charge on any atom is 0.112 e. The molecule has 1 atom stereocenters. The minimum atomic E-state index is -0.805. The largest absolute Gasteiger partial charge is 0.383 e. The zero-order valence-electron chi connectivity index (χ0n) is 14.2. The Morgan fingerprint density at radius 1 is 1.32 bits per heavy atom. The number of aromatic nitrogens is 2. The molecule has 5 rings (SSSR count). The van der Waals surface area contributed by atoms with Gasteiger partial charge in [0.2, 0.25) is 0 Å². The summed E-state index contributed by atoms with van der Waals surface area (Å²) in [4.78, 5) is 6.50. The molecule has 0 saturated heterocycles. The summed E-state index contributed by atoms with van der Waals surface area (Å²) < 4.78 is 2.32. The molecule has 3 heterocycles. The Hall–Kier alpha value is -1.88. The lowest BCUT2D eigenvalue weighted by atomic mass is 9.74. The Bertz CT molecular complexity index is 996. The quantitative estimate of drug-likeness (QED) is 0.769. The minimum absolute atomic E-state index is 0.585. The maximum absolute atomic E-state index is 11.2. The van der Waals surface area contributed by atoms with Gasteiger partial charge in [0.1, 0.15) is 5.60 Å². The van der Waals surface area contributed by atoms with E-state index in [0.29, 0.717) is 13.0 Å². The number of pyridine rings is 1. The molecule has 2 aromatic heterocycles. The summed E-state index contributed by atoms with van der Waals surface area (Å²) in [7, 11) is 2.15. The smallest absolute Gasteiger partial charge is 0.112 e. The molecular formula is C20H20ClN3O. The van der Waals surface area contributed by atoms with Crippen LogP contribution in [-0.4, -0.2) is 33.1 Å². The second kappa shape index (κ2) is 5.31. The lowest BCUT2D eigenvalue weighted by Gasteiger charge is -2.40. The molecule has 0 bridgehead atoms. The van der Waals surface area contributed by atoms with E-state index >= 15 is 0 Å². The predicted octanol–water partition coefficient (Wildman–Crippen LogP) is 3.12. The van der Waals surface area contributed by atoms with Gasteiger partial charge in [-0.3, -0.25) is 4.98 Å². The molecule has 0 fully saturated rings. The Kier molecular flexibility index (Phi) is 3.26. The van der Waals surface area contributed by atoms with Crippen LogP contribution in [0.1, 0.15) is 22.4 Å². The Morgan fingerprint density at radius 2 is 2.20 bits per heavy atom. The van der Waals surface area contributed by atoms with Gasteiger partial charge in [0.25, 0.3) is 0 Å². The van der Waals surface area contributed by atoms with Crippen LogP contribution < -0.4 is 0 Å². The van der Waals surface area contributed by atoms with Gasteiger partial charge in [-0.05, 0) is 48.0 Å².